The fourth-order valence-electron chi connectivity index (χ4n) is 0.891. The first-order chi connectivity index (χ1) is 5.72. The van der Waals surface area contributed by atoms with Gasteiger partial charge in [-0.3, -0.25) is 4.68 Å². The van der Waals surface area contributed by atoms with Crippen molar-refractivity contribution in [3.8, 4) is 0 Å². The summed E-state index contributed by atoms with van der Waals surface area (Å²) in [6, 6.07) is 2.34. The molecule has 1 N–H and O–H groups in total. The molecule has 3 nitrogen and oxygen atoms in total. The second kappa shape index (κ2) is 4.48. The van der Waals surface area contributed by atoms with Gasteiger partial charge in [-0.15, -0.1) is 11.6 Å². The van der Waals surface area contributed by atoms with Crippen molar-refractivity contribution in [2.45, 2.75) is 19.5 Å². The summed E-state index contributed by atoms with van der Waals surface area (Å²) in [6.45, 7) is 2.84. The molecule has 1 heterocycles. The normalized spacial score (nSPS) is 13.2. The van der Waals surface area contributed by atoms with Crippen molar-refractivity contribution in [3.05, 3.63) is 18.0 Å². The molecule has 0 fully saturated rings. The topological polar surface area (TPSA) is 29.9 Å². The van der Waals surface area contributed by atoms with Crippen LogP contribution in [-0.4, -0.2) is 21.7 Å². The molecule has 0 bridgehead atoms. The SMILES string of the molecule is CC(CCl)NCc1ccn(C)n1. The number of nitrogens with zero attached hydrogens (tertiary/aromatic N) is 2. The lowest BCUT2D eigenvalue weighted by atomic mass is 10.3. The number of hydrogen-bond acceptors (Lipinski definition) is 2. The highest BCUT2D eigenvalue weighted by molar-refractivity contribution is 6.18. The number of nitrogens with one attached hydrogen (secondary N) is 1. The van der Waals surface area contributed by atoms with Gasteiger partial charge in [0.1, 0.15) is 0 Å². The van der Waals surface area contributed by atoms with Gasteiger partial charge >= 0.3 is 0 Å². The predicted octanol–water partition coefficient (Wildman–Crippen LogP) is 1.14. The molecule has 0 spiro atoms. The van der Waals surface area contributed by atoms with Crippen LogP contribution in [0.25, 0.3) is 0 Å². The molecule has 4 heteroatoms. The maximum Gasteiger partial charge on any atom is 0.0762 e. The van der Waals surface area contributed by atoms with E-state index in [0.29, 0.717) is 11.9 Å². The summed E-state index contributed by atoms with van der Waals surface area (Å²) in [6.07, 6.45) is 1.93. The van der Waals surface area contributed by atoms with Gasteiger partial charge in [-0.1, -0.05) is 0 Å². The van der Waals surface area contributed by atoms with E-state index in [2.05, 4.69) is 17.3 Å². The van der Waals surface area contributed by atoms with E-state index in [9.17, 15) is 0 Å². The number of aromatic nitrogens is 2. The summed E-state index contributed by atoms with van der Waals surface area (Å²) in [5.41, 5.74) is 1.05. The Labute approximate surface area is 77.7 Å². The molecule has 0 saturated carbocycles. The Kier molecular flexibility index (Phi) is 3.56. The molecule has 0 aliphatic carbocycles. The molecule has 12 heavy (non-hydrogen) atoms. The maximum atomic E-state index is 5.64. The summed E-state index contributed by atoms with van der Waals surface area (Å²) in [4.78, 5) is 0. The lowest BCUT2D eigenvalue weighted by Gasteiger charge is -2.07. The van der Waals surface area contributed by atoms with Gasteiger partial charge < -0.3 is 5.32 Å². The van der Waals surface area contributed by atoms with Gasteiger partial charge in [0.25, 0.3) is 0 Å². The van der Waals surface area contributed by atoms with Crippen molar-refractivity contribution < 1.29 is 0 Å². The second-order valence-corrected chi connectivity index (χ2v) is 3.23. The average Bonchev–Trinajstić information content (AvgIpc) is 2.47. The van der Waals surface area contributed by atoms with Crippen LogP contribution in [0.5, 0.6) is 0 Å². The van der Waals surface area contributed by atoms with Gasteiger partial charge in [0, 0.05) is 31.7 Å². The molecule has 0 aromatic carbocycles. The molecule has 0 saturated heterocycles. The smallest absolute Gasteiger partial charge is 0.0762 e. The van der Waals surface area contributed by atoms with Crippen LogP contribution in [-0.2, 0) is 13.6 Å². The van der Waals surface area contributed by atoms with Crippen molar-refractivity contribution in [1.82, 2.24) is 15.1 Å². The third-order valence-corrected chi connectivity index (χ3v) is 2.09. The van der Waals surface area contributed by atoms with E-state index < -0.39 is 0 Å². The van der Waals surface area contributed by atoms with E-state index >= 15 is 0 Å². The number of aryl methyl sites for hydroxylation is 1. The molecule has 0 aliphatic rings. The van der Waals surface area contributed by atoms with Crippen LogP contribution in [0.1, 0.15) is 12.6 Å². The third-order valence-electron chi connectivity index (χ3n) is 1.63. The Morgan fingerprint density at radius 3 is 3.00 bits per heavy atom. The van der Waals surface area contributed by atoms with Crippen LogP contribution in [0, 0.1) is 0 Å². The largest absolute Gasteiger partial charge is 0.307 e. The molecule has 0 radical (unpaired) electrons. The lowest BCUT2D eigenvalue weighted by molar-refractivity contribution is 0.579. The number of halogens is 1. The highest BCUT2D eigenvalue weighted by Gasteiger charge is 2.00. The van der Waals surface area contributed by atoms with Gasteiger partial charge in [-0.05, 0) is 13.0 Å². The van der Waals surface area contributed by atoms with Crippen molar-refractivity contribution in [1.29, 1.82) is 0 Å². The Morgan fingerprint density at radius 2 is 2.50 bits per heavy atom. The monoisotopic (exact) mass is 187 g/mol. The Balaban J connectivity index is 2.33. The molecule has 1 aromatic rings. The summed E-state index contributed by atoms with van der Waals surface area (Å²) >= 11 is 5.64. The van der Waals surface area contributed by atoms with E-state index in [1.54, 1.807) is 4.68 Å². The van der Waals surface area contributed by atoms with Crippen molar-refractivity contribution in [2.24, 2.45) is 7.05 Å². The fraction of sp³-hybridized carbons (Fsp3) is 0.625. The van der Waals surface area contributed by atoms with E-state index in [0.717, 1.165) is 12.2 Å². The molecular formula is C8H14ClN3. The quantitative estimate of drug-likeness (QED) is 0.717. The number of hydrogen-bond donors (Lipinski definition) is 1. The molecule has 0 amide bonds. The lowest BCUT2D eigenvalue weighted by Crippen LogP contribution is -2.26. The highest BCUT2D eigenvalue weighted by Crippen LogP contribution is 1.94. The zero-order chi connectivity index (χ0) is 8.97. The maximum absolute atomic E-state index is 5.64. The van der Waals surface area contributed by atoms with Crippen LogP contribution in [0.2, 0.25) is 0 Å². The van der Waals surface area contributed by atoms with Crippen LogP contribution >= 0.6 is 11.6 Å². The highest BCUT2D eigenvalue weighted by atomic mass is 35.5. The van der Waals surface area contributed by atoms with E-state index in [4.69, 9.17) is 11.6 Å². The standard InChI is InChI=1S/C8H14ClN3/c1-7(5-9)10-6-8-3-4-12(2)11-8/h3-4,7,10H,5-6H2,1-2H3. The van der Waals surface area contributed by atoms with E-state index in [1.807, 2.05) is 19.3 Å². The molecular weight excluding hydrogens is 174 g/mol. The summed E-state index contributed by atoms with van der Waals surface area (Å²) < 4.78 is 1.79. The van der Waals surface area contributed by atoms with Crippen molar-refractivity contribution >= 4 is 11.6 Å². The van der Waals surface area contributed by atoms with Gasteiger partial charge in [0.15, 0.2) is 0 Å². The Bertz CT molecular complexity index is 234. The molecule has 1 atom stereocenters. The zero-order valence-corrected chi connectivity index (χ0v) is 8.17. The van der Waals surface area contributed by atoms with Crippen molar-refractivity contribution in [3.63, 3.8) is 0 Å². The summed E-state index contributed by atoms with van der Waals surface area (Å²) in [5.74, 6) is 0.632. The first-order valence-corrected chi connectivity index (χ1v) is 4.53. The van der Waals surface area contributed by atoms with Crippen LogP contribution in [0.3, 0.4) is 0 Å². The molecule has 1 aromatic heterocycles. The number of rotatable bonds is 4. The van der Waals surface area contributed by atoms with Gasteiger partial charge in [-0.2, -0.15) is 5.10 Å². The summed E-state index contributed by atoms with van der Waals surface area (Å²) in [7, 11) is 1.91. The van der Waals surface area contributed by atoms with E-state index in [1.165, 1.54) is 0 Å². The van der Waals surface area contributed by atoms with Gasteiger partial charge in [0.2, 0.25) is 0 Å². The first kappa shape index (κ1) is 9.55. The zero-order valence-electron chi connectivity index (χ0n) is 7.42. The minimum atomic E-state index is 0.341. The molecule has 68 valence electrons. The molecule has 0 aliphatic heterocycles. The van der Waals surface area contributed by atoms with Gasteiger partial charge in [0.05, 0.1) is 5.69 Å². The minimum Gasteiger partial charge on any atom is -0.307 e. The Hall–Kier alpha value is -0.540. The third kappa shape index (κ3) is 2.83. The number of alkyl halides is 1. The molecule has 1 rings (SSSR count). The minimum absolute atomic E-state index is 0.341. The van der Waals surface area contributed by atoms with Crippen LogP contribution in [0.15, 0.2) is 12.3 Å². The van der Waals surface area contributed by atoms with Crippen molar-refractivity contribution in [2.75, 3.05) is 5.88 Å². The molecule has 1 unspecified atom stereocenters. The average molecular weight is 188 g/mol. The second-order valence-electron chi connectivity index (χ2n) is 2.92. The van der Waals surface area contributed by atoms with Crippen LogP contribution in [0.4, 0.5) is 0 Å². The predicted molar refractivity (Wildman–Crippen MR) is 50.2 cm³/mol. The van der Waals surface area contributed by atoms with Crippen LogP contribution < -0.4 is 5.32 Å². The van der Waals surface area contributed by atoms with E-state index in [-0.39, 0.29) is 0 Å². The Morgan fingerprint density at radius 1 is 1.75 bits per heavy atom. The van der Waals surface area contributed by atoms with Gasteiger partial charge in [-0.25, -0.2) is 0 Å². The summed E-state index contributed by atoms with van der Waals surface area (Å²) in [5, 5.41) is 7.48. The fourth-order valence-corrected chi connectivity index (χ4v) is 1.000. The first-order valence-electron chi connectivity index (χ1n) is 4.00.